The molecule has 0 saturated carbocycles. The van der Waals surface area contributed by atoms with Crippen LogP contribution in [0.5, 0.6) is 5.88 Å². The molecular weight excluding hydrogens is 370 g/mol. The Hall–Kier alpha value is -2.09. The molecule has 0 spiro atoms. The number of halogens is 3. The van der Waals surface area contributed by atoms with Crippen LogP contribution in [0.15, 0.2) is 35.2 Å². The molecule has 0 aliphatic rings. The lowest BCUT2D eigenvalue weighted by Gasteiger charge is -2.09. The van der Waals surface area contributed by atoms with Gasteiger partial charge in [0, 0.05) is 29.8 Å². The lowest BCUT2D eigenvalue weighted by Crippen LogP contribution is -2.06. The summed E-state index contributed by atoms with van der Waals surface area (Å²) in [5.41, 5.74) is 1.25. The number of aromatic nitrogens is 4. The smallest absolute Gasteiger partial charge is 0.239 e. The van der Waals surface area contributed by atoms with Crippen LogP contribution in [-0.2, 0) is 6.42 Å². The van der Waals surface area contributed by atoms with Crippen molar-refractivity contribution in [2.24, 2.45) is 0 Å². The Balaban J connectivity index is 2.00. The summed E-state index contributed by atoms with van der Waals surface area (Å²) in [5.74, 6) is 0.677. The van der Waals surface area contributed by atoms with Crippen molar-refractivity contribution in [2.45, 2.75) is 19.3 Å². The first-order valence-corrected chi connectivity index (χ1v) is 7.70. The van der Waals surface area contributed by atoms with E-state index in [1.54, 1.807) is 10.8 Å². The summed E-state index contributed by atoms with van der Waals surface area (Å²) < 4.78 is 32.4. The number of hydrogen-bond acceptors (Lipinski definition) is 4. The second-order valence-corrected chi connectivity index (χ2v) is 5.68. The van der Waals surface area contributed by atoms with Gasteiger partial charge in [0.1, 0.15) is 10.3 Å². The molecule has 0 aromatic carbocycles. The van der Waals surface area contributed by atoms with E-state index in [2.05, 4.69) is 30.9 Å². The molecule has 0 N–H and O–H groups in total. The third-order valence-electron chi connectivity index (χ3n) is 3.36. The first kappa shape index (κ1) is 15.8. The molecule has 3 rings (SSSR count). The maximum absolute atomic E-state index is 12.4. The number of aryl methyl sites for hydroxylation is 1. The van der Waals surface area contributed by atoms with E-state index in [0.29, 0.717) is 27.6 Å². The summed E-state index contributed by atoms with van der Waals surface area (Å²) >= 11 is 3.34. The zero-order valence-electron chi connectivity index (χ0n) is 12.2. The summed E-state index contributed by atoms with van der Waals surface area (Å²) in [4.78, 5) is 13.0. The molecule has 0 saturated heterocycles. The predicted octanol–water partition coefficient (Wildman–Crippen LogP) is 3.78. The standard InChI is InChI=1S/C15H13BrF2N4O/c1-23-14-10(3-5-12(17)18)8-19-15(21-14)22-7-6-9-2-4-11(16)20-13(9)22/h2,4,6-8,12H,3,5H2,1H3. The van der Waals surface area contributed by atoms with Gasteiger partial charge in [-0.25, -0.2) is 18.7 Å². The lowest BCUT2D eigenvalue weighted by atomic mass is 10.2. The molecule has 0 aliphatic heterocycles. The summed E-state index contributed by atoms with van der Waals surface area (Å²) in [6, 6.07) is 5.67. The summed E-state index contributed by atoms with van der Waals surface area (Å²) in [5, 5.41) is 0.942. The minimum Gasteiger partial charge on any atom is -0.481 e. The van der Waals surface area contributed by atoms with Crippen LogP contribution in [-0.4, -0.2) is 33.1 Å². The van der Waals surface area contributed by atoms with E-state index in [9.17, 15) is 8.78 Å². The number of nitrogens with zero attached hydrogens (tertiary/aromatic N) is 4. The number of pyridine rings is 1. The summed E-state index contributed by atoms with van der Waals surface area (Å²) in [6.45, 7) is 0. The van der Waals surface area contributed by atoms with Crippen molar-refractivity contribution in [1.82, 2.24) is 19.5 Å². The maximum atomic E-state index is 12.4. The highest BCUT2D eigenvalue weighted by atomic mass is 79.9. The van der Waals surface area contributed by atoms with Gasteiger partial charge in [-0.1, -0.05) is 0 Å². The van der Waals surface area contributed by atoms with Crippen LogP contribution in [0.3, 0.4) is 0 Å². The van der Waals surface area contributed by atoms with Crippen molar-refractivity contribution in [3.8, 4) is 11.8 Å². The van der Waals surface area contributed by atoms with Gasteiger partial charge in [0.15, 0.2) is 0 Å². The van der Waals surface area contributed by atoms with Crippen molar-refractivity contribution in [3.05, 3.63) is 40.8 Å². The number of rotatable bonds is 5. The van der Waals surface area contributed by atoms with Gasteiger partial charge < -0.3 is 4.74 Å². The molecule has 0 bridgehead atoms. The molecule has 0 aliphatic carbocycles. The highest BCUT2D eigenvalue weighted by Gasteiger charge is 2.13. The molecule has 3 aromatic rings. The van der Waals surface area contributed by atoms with Crippen LogP contribution >= 0.6 is 15.9 Å². The monoisotopic (exact) mass is 382 g/mol. The number of fused-ring (bicyclic) bond motifs is 1. The molecule has 120 valence electrons. The van der Waals surface area contributed by atoms with Gasteiger partial charge in [-0.2, -0.15) is 4.98 Å². The zero-order valence-corrected chi connectivity index (χ0v) is 13.8. The van der Waals surface area contributed by atoms with Crippen LogP contribution in [0.4, 0.5) is 8.78 Å². The Bertz CT molecular complexity index is 837. The largest absolute Gasteiger partial charge is 0.481 e. The lowest BCUT2D eigenvalue weighted by molar-refractivity contribution is 0.137. The molecule has 23 heavy (non-hydrogen) atoms. The molecular formula is C15H13BrF2N4O. The third-order valence-corrected chi connectivity index (χ3v) is 3.80. The second kappa shape index (κ2) is 6.57. The second-order valence-electron chi connectivity index (χ2n) is 4.87. The van der Waals surface area contributed by atoms with Crippen molar-refractivity contribution >= 4 is 27.0 Å². The molecule has 3 heterocycles. The number of methoxy groups -OCH3 is 1. The van der Waals surface area contributed by atoms with E-state index >= 15 is 0 Å². The van der Waals surface area contributed by atoms with Gasteiger partial charge in [-0.05, 0) is 40.5 Å². The fourth-order valence-electron chi connectivity index (χ4n) is 2.26. The van der Waals surface area contributed by atoms with E-state index < -0.39 is 6.43 Å². The van der Waals surface area contributed by atoms with Crippen molar-refractivity contribution in [2.75, 3.05) is 7.11 Å². The van der Waals surface area contributed by atoms with Crippen LogP contribution in [0.1, 0.15) is 12.0 Å². The van der Waals surface area contributed by atoms with E-state index in [0.717, 1.165) is 5.39 Å². The van der Waals surface area contributed by atoms with Crippen molar-refractivity contribution in [1.29, 1.82) is 0 Å². The Kier molecular flexibility index (Phi) is 4.51. The molecule has 0 atom stereocenters. The van der Waals surface area contributed by atoms with E-state index in [1.165, 1.54) is 13.3 Å². The average molecular weight is 383 g/mol. The Labute approximate surface area is 139 Å². The zero-order chi connectivity index (χ0) is 16.4. The fourth-order valence-corrected chi connectivity index (χ4v) is 2.56. The number of hydrogen-bond donors (Lipinski definition) is 0. The number of ether oxygens (including phenoxy) is 1. The van der Waals surface area contributed by atoms with Crippen molar-refractivity contribution < 1.29 is 13.5 Å². The van der Waals surface area contributed by atoms with E-state index in [1.807, 2.05) is 18.2 Å². The molecule has 0 radical (unpaired) electrons. The first-order valence-electron chi connectivity index (χ1n) is 6.90. The van der Waals surface area contributed by atoms with Gasteiger partial charge in [-0.15, -0.1) is 0 Å². The molecule has 5 nitrogen and oxygen atoms in total. The first-order chi connectivity index (χ1) is 11.1. The SMILES string of the molecule is COc1nc(-n2ccc3ccc(Br)nc32)ncc1CCC(F)F. The molecule has 8 heteroatoms. The van der Waals surface area contributed by atoms with Crippen LogP contribution in [0, 0.1) is 0 Å². The van der Waals surface area contributed by atoms with Gasteiger partial charge in [0.25, 0.3) is 0 Å². The quantitative estimate of drug-likeness (QED) is 0.630. The van der Waals surface area contributed by atoms with Crippen LogP contribution in [0.25, 0.3) is 17.0 Å². The Morgan fingerprint density at radius 2 is 2.09 bits per heavy atom. The normalized spacial score (nSPS) is 11.3. The summed E-state index contributed by atoms with van der Waals surface area (Å²) in [7, 11) is 1.46. The minimum absolute atomic E-state index is 0.164. The average Bonchev–Trinajstić information content (AvgIpc) is 2.95. The van der Waals surface area contributed by atoms with Gasteiger partial charge in [-0.3, -0.25) is 4.57 Å². The van der Waals surface area contributed by atoms with Crippen LogP contribution < -0.4 is 4.74 Å². The fraction of sp³-hybridized carbons (Fsp3) is 0.267. The maximum Gasteiger partial charge on any atom is 0.239 e. The molecule has 0 amide bonds. The Morgan fingerprint density at radius 1 is 1.26 bits per heavy atom. The number of alkyl halides is 2. The Morgan fingerprint density at radius 3 is 2.83 bits per heavy atom. The van der Waals surface area contributed by atoms with E-state index in [-0.39, 0.29) is 12.8 Å². The van der Waals surface area contributed by atoms with E-state index in [4.69, 9.17) is 4.74 Å². The molecule has 0 fully saturated rings. The molecule has 0 unspecified atom stereocenters. The van der Waals surface area contributed by atoms with Crippen molar-refractivity contribution in [3.63, 3.8) is 0 Å². The summed E-state index contributed by atoms with van der Waals surface area (Å²) in [6.07, 6.45) is 0.872. The predicted molar refractivity (Wildman–Crippen MR) is 85.2 cm³/mol. The minimum atomic E-state index is -2.37. The van der Waals surface area contributed by atoms with Crippen LogP contribution in [0.2, 0.25) is 0 Å². The van der Waals surface area contributed by atoms with Gasteiger partial charge in [0.05, 0.1) is 7.11 Å². The highest BCUT2D eigenvalue weighted by molar-refractivity contribution is 9.10. The van der Waals surface area contributed by atoms with Gasteiger partial charge >= 0.3 is 0 Å². The molecule has 3 aromatic heterocycles. The van der Waals surface area contributed by atoms with Gasteiger partial charge in [0.2, 0.25) is 18.3 Å². The topological polar surface area (TPSA) is 52.8 Å². The third kappa shape index (κ3) is 3.31. The highest BCUT2D eigenvalue weighted by Crippen LogP contribution is 2.23.